The van der Waals surface area contributed by atoms with Gasteiger partial charge in [-0.15, -0.1) is 11.3 Å². The van der Waals surface area contributed by atoms with E-state index in [0.717, 1.165) is 84.5 Å². The summed E-state index contributed by atoms with van der Waals surface area (Å²) in [6, 6.07) is 7.96. The van der Waals surface area contributed by atoms with Crippen LogP contribution in [0, 0.1) is 34.6 Å². The highest BCUT2D eigenvalue weighted by atomic mass is 35.5. The van der Waals surface area contributed by atoms with Crippen LogP contribution in [0.15, 0.2) is 29.6 Å². The van der Waals surface area contributed by atoms with Crippen molar-refractivity contribution in [3.8, 4) is 16.9 Å². The molecule has 4 heterocycles. The van der Waals surface area contributed by atoms with E-state index in [2.05, 4.69) is 22.5 Å². The van der Waals surface area contributed by atoms with Crippen molar-refractivity contribution in [2.24, 2.45) is 7.05 Å². The minimum absolute atomic E-state index is 0.0235. The first kappa shape index (κ1) is 29.7. The molecular weight excluding hydrogens is 601 g/mol. The Bertz CT molecular complexity index is 1860. The number of aryl methyl sites for hydroxylation is 7. The van der Waals surface area contributed by atoms with E-state index in [1.54, 1.807) is 0 Å². The first-order chi connectivity index (χ1) is 20.6. The summed E-state index contributed by atoms with van der Waals surface area (Å²) in [5.74, 6) is 0.780. The number of amides is 1. The molecule has 0 saturated carbocycles. The number of nitrogens with zero attached hydrogens (tertiary/aromatic N) is 5. The van der Waals surface area contributed by atoms with Crippen molar-refractivity contribution in [2.75, 3.05) is 18.1 Å². The van der Waals surface area contributed by atoms with Gasteiger partial charge in [-0.3, -0.25) is 14.4 Å². The van der Waals surface area contributed by atoms with Gasteiger partial charge in [-0.1, -0.05) is 29.3 Å². The number of rotatable bonds is 7. The van der Waals surface area contributed by atoms with Gasteiger partial charge in [-0.05, 0) is 88.8 Å². The van der Waals surface area contributed by atoms with E-state index in [4.69, 9.17) is 33.0 Å². The van der Waals surface area contributed by atoms with Crippen molar-refractivity contribution in [3.05, 3.63) is 79.2 Å². The minimum Gasteiger partial charge on any atom is -0.494 e. The SMILES string of the molecule is Cc1csc(N2CCCn3c(c(CCCOc4cc(C)c(Cl)c(C)c4)c4ccc(Cl)c(-c5c(C)nn(C)c5C)c43)C2=O)n1. The van der Waals surface area contributed by atoms with Gasteiger partial charge in [0.05, 0.1) is 28.5 Å². The summed E-state index contributed by atoms with van der Waals surface area (Å²) in [4.78, 5) is 21.0. The van der Waals surface area contributed by atoms with Crippen LogP contribution in [0.5, 0.6) is 5.75 Å². The molecule has 10 heteroatoms. The zero-order valence-corrected chi connectivity index (χ0v) is 27.7. The van der Waals surface area contributed by atoms with E-state index in [1.165, 1.54) is 11.3 Å². The van der Waals surface area contributed by atoms with Crippen molar-refractivity contribution in [3.63, 3.8) is 0 Å². The van der Waals surface area contributed by atoms with Crippen LogP contribution in [0.25, 0.3) is 22.0 Å². The fourth-order valence-corrected chi connectivity index (χ4v) is 7.46. The second-order valence-electron chi connectivity index (χ2n) is 11.4. The lowest BCUT2D eigenvalue weighted by Gasteiger charge is -2.18. The number of carbonyl (C=O) groups excluding carboxylic acids is 1. The molecule has 1 amide bonds. The van der Waals surface area contributed by atoms with E-state index >= 15 is 0 Å². The van der Waals surface area contributed by atoms with Crippen LogP contribution in [0.1, 0.15) is 57.1 Å². The Labute approximate surface area is 266 Å². The molecule has 0 fully saturated rings. The van der Waals surface area contributed by atoms with Gasteiger partial charge in [0.1, 0.15) is 11.4 Å². The highest BCUT2D eigenvalue weighted by molar-refractivity contribution is 7.14. The molecule has 0 bridgehead atoms. The summed E-state index contributed by atoms with van der Waals surface area (Å²) in [5.41, 5.74) is 9.52. The Morgan fingerprint density at radius 2 is 1.77 bits per heavy atom. The highest BCUT2D eigenvalue weighted by Gasteiger charge is 2.33. The lowest BCUT2D eigenvalue weighted by Crippen LogP contribution is -2.31. The molecule has 0 saturated heterocycles. The molecule has 0 N–H and O–H groups in total. The first-order valence-corrected chi connectivity index (χ1v) is 16.2. The summed E-state index contributed by atoms with van der Waals surface area (Å²) in [6.45, 7) is 11.8. The second kappa shape index (κ2) is 11.6. The van der Waals surface area contributed by atoms with Gasteiger partial charge in [-0.25, -0.2) is 4.98 Å². The lowest BCUT2D eigenvalue weighted by atomic mass is 9.98. The Morgan fingerprint density at radius 3 is 2.42 bits per heavy atom. The molecule has 0 atom stereocenters. The van der Waals surface area contributed by atoms with Crippen molar-refractivity contribution in [1.82, 2.24) is 19.3 Å². The van der Waals surface area contributed by atoms with Crippen molar-refractivity contribution < 1.29 is 9.53 Å². The number of benzene rings is 2. The zero-order chi connectivity index (χ0) is 30.6. The molecule has 1 aliphatic rings. The minimum atomic E-state index is -0.0235. The van der Waals surface area contributed by atoms with Crippen LogP contribution in [0.2, 0.25) is 10.0 Å². The molecule has 2 aromatic carbocycles. The molecule has 1 aliphatic heterocycles. The monoisotopic (exact) mass is 635 g/mol. The van der Waals surface area contributed by atoms with Crippen LogP contribution in [0.3, 0.4) is 0 Å². The third-order valence-electron chi connectivity index (χ3n) is 8.34. The van der Waals surface area contributed by atoms with Gasteiger partial charge in [0, 0.05) is 52.7 Å². The lowest BCUT2D eigenvalue weighted by molar-refractivity contribution is 0.0982. The number of hydrogen-bond donors (Lipinski definition) is 0. The Morgan fingerprint density at radius 1 is 1.02 bits per heavy atom. The predicted molar refractivity (Wildman–Crippen MR) is 177 cm³/mol. The number of fused-ring (bicyclic) bond motifs is 3. The summed E-state index contributed by atoms with van der Waals surface area (Å²) >= 11 is 14.9. The van der Waals surface area contributed by atoms with Crippen LogP contribution in [-0.4, -0.2) is 38.4 Å². The zero-order valence-electron chi connectivity index (χ0n) is 25.3. The van der Waals surface area contributed by atoms with Gasteiger partial charge in [0.2, 0.25) is 0 Å². The normalized spacial score (nSPS) is 13.6. The fourth-order valence-electron chi connectivity index (χ4n) is 6.28. The molecule has 0 aliphatic carbocycles. The number of ether oxygens (including phenoxy) is 1. The summed E-state index contributed by atoms with van der Waals surface area (Å²) in [5, 5.41) is 9.88. The van der Waals surface area contributed by atoms with Gasteiger partial charge in [0.25, 0.3) is 5.91 Å². The van der Waals surface area contributed by atoms with Gasteiger partial charge < -0.3 is 9.30 Å². The summed E-state index contributed by atoms with van der Waals surface area (Å²) < 4.78 is 10.3. The first-order valence-electron chi connectivity index (χ1n) is 14.5. The van der Waals surface area contributed by atoms with E-state index in [1.807, 2.05) is 67.9 Å². The van der Waals surface area contributed by atoms with Crippen LogP contribution in [-0.2, 0) is 20.0 Å². The fraction of sp³-hybridized carbons (Fsp3) is 0.364. The van der Waals surface area contributed by atoms with Crippen LogP contribution >= 0.6 is 34.5 Å². The largest absolute Gasteiger partial charge is 0.494 e. The van der Waals surface area contributed by atoms with Crippen LogP contribution in [0.4, 0.5) is 5.13 Å². The molecule has 224 valence electrons. The van der Waals surface area contributed by atoms with E-state index in [0.29, 0.717) is 36.8 Å². The number of anilines is 1. The smallest absolute Gasteiger partial charge is 0.277 e. The number of carbonyl (C=O) groups is 1. The standard InChI is InChI=1S/C33H35Cl2N5O2S/c1-18-15-23(16-19(2)29(18)35)42-14-7-9-24-25-10-11-26(34)28(27-21(4)37-38(6)22(27)5)30(25)39-12-8-13-40(32(41)31(24)39)33-36-20(3)17-43-33/h10-11,15-17H,7-9,12-14H2,1-6H3. The van der Waals surface area contributed by atoms with Gasteiger partial charge >= 0.3 is 0 Å². The third-order valence-corrected chi connectivity index (χ3v) is 10.2. The molecule has 5 aromatic rings. The highest BCUT2D eigenvalue weighted by Crippen LogP contribution is 2.43. The second-order valence-corrected chi connectivity index (χ2v) is 13.0. The molecule has 0 radical (unpaired) electrons. The topological polar surface area (TPSA) is 65.2 Å². The number of thiazole rings is 1. The number of aromatic nitrogens is 4. The molecule has 43 heavy (non-hydrogen) atoms. The van der Waals surface area contributed by atoms with E-state index in [-0.39, 0.29) is 5.91 Å². The molecular formula is C33H35Cl2N5O2S. The molecule has 0 unspecified atom stereocenters. The summed E-state index contributed by atoms with van der Waals surface area (Å²) in [7, 11) is 1.95. The average molecular weight is 637 g/mol. The van der Waals surface area contributed by atoms with Crippen LogP contribution < -0.4 is 9.64 Å². The van der Waals surface area contributed by atoms with Crippen molar-refractivity contribution >= 4 is 56.5 Å². The molecule has 7 nitrogen and oxygen atoms in total. The van der Waals surface area contributed by atoms with Gasteiger partial charge in [0.15, 0.2) is 5.13 Å². The maximum atomic E-state index is 14.4. The maximum Gasteiger partial charge on any atom is 0.277 e. The van der Waals surface area contributed by atoms with E-state index in [9.17, 15) is 4.79 Å². The Kier molecular flexibility index (Phi) is 8.05. The third kappa shape index (κ3) is 5.23. The Balaban J connectivity index is 1.46. The average Bonchev–Trinajstić information content (AvgIpc) is 3.56. The number of hydrogen-bond acceptors (Lipinski definition) is 5. The predicted octanol–water partition coefficient (Wildman–Crippen LogP) is 8.41. The van der Waals surface area contributed by atoms with E-state index < -0.39 is 0 Å². The van der Waals surface area contributed by atoms with Gasteiger partial charge in [-0.2, -0.15) is 5.10 Å². The summed E-state index contributed by atoms with van der Waals surface area (Å²) in [6.07, 6.45) is 2.21. The van der Waals surface area contributed by atoms with Crippen molar-refractivity contribution in [1.29, 1.82) is 0 Å². The quantitative estimate of drug-likeness (QED) is 0.168. The molecule has 0 spiro atoms. The number of halogens is 2. The maximum absolute atomic E-state index is 14.4. The molecule has 3 aromatic heterocycles. The molecule has 6 rings (SSSR count). The van der Waals surface area contributed by atoms with Crippen molar-refractivity contribution in [2.45, 2.75) is 60.4 Å². The Hall–Kier alpha value is -3.33.